The van der Waals surface area contributed by atoms with Crippen LogP contribution in [0.4, 0.5) is 0 Å². The summed E-state index contributed by atoms with van der Waals surface area (Å²) < 4.78 is 0. The molecule has 0 aromatic heterocycles. The number of aliphatic carboxylic acids is 1. The van der Waals surface area contributed by atoms with Crippen molar-refractivity contribution in [1.82, 2.24) is 0 Å². The van der Waals surface area contributed by atoms with Crippen LogP contribution in [0, 0.1) is 0 Å². The van der Waals surface area contributed by atoms with Crippen molar-refractivity contribution < 1.29 is 15.2 Å². The van der Waals surface area contributed by atoms with Crippen LogP contribution >= 0.6 is 0 Å². The van der Waals surface area contributed by atoms with E-state index in [1.807, 2.05) is 5.32 Å². The van der Waals surface area contributed by atoms with Gasteiger partial charge in [0.1, 0.15) is 6.04 Å². The summed E-state index contributed by atoms with van der Waals surface area (Å²) in [5.41, 5.74) is 5.39. The van der Waals surface area contributed by atoms with Crippen LogP contribution in [0.2, 0.25) is 0 Å². The average molecular weight is 145 g/mol. The summed E-state index contributed by atoms with van der Waals surface area (Å²) in [5.74, 6) is -0.886. The molecule has 0 aromatic carbocycles. The molecule has 0 aromatic rings. The third-order valence-corrected chi connectivity index (χ3v) is 1.96. The molecule has 1 heterocycles. The molecule has 0 bridgehead atoms. The van der Waals surface area contributed by atoms with Crippen molar-refractivity contribution in [2.24, 2.45) is 5.73 Å². The van der Waals surface area contributed by atoms with E-state index in [2.05, 4.69) is 0 Å². The van der Waals surface area contributed by atoms with E-state index in [9.17, 15) is 4.79 Å². The van der Waals surface area contributed by atoms with Gasteiger partial charge >= 0.3 is 5.97 Å². The number of carboxylic acid groups (broad SMARTS) is 1. The molecule has 0 saturated carbocycles. The Morgan fingerprint density at radius 2 is 2.50 bits per heavy atom. The minimum Gasteiger partial charge on any atom is -0.480 e. The zero-order valence-corrected chi connectivity index (χ0v) is 5.79. The van der Waals surface area contributed by atoms with Gasteiger partial charge < -0.3 is 16.2 Å². The van der Waals surface area contributed by atoms with Crippen LogP contribution < -0.4 is 11.1 Å². The SMILES string of the molecule is N[C@H](C(=O)O)C1CCC[NH2+]1. The molecule has 1 unspecified atom stereocenters. The molecule has 1 aliphatic heterocycles. The van der Waals surface area contributed by atoms with E-state index in [0.29, 0.717) is 0 Å². The van der Waals surface area contributed by atoms with Gasteiger partial charge in [-0.05, 0) is 0 Å². The molecule has 0 radical (unpaired) electrons. The van der Waals surface area contributed by atoms with Gasteiger partial charge in [0.15, 0.2) is 6.04 Å². The number of carbonyl (C=O) groups is 1. The summed E-state index contributed by atoms with van der Waals surface area (Å²) in [7, 11) is 0. The van der Waals surface area contributed by atoms with E-state index in [1.54, 1.807) is 0 Å². The second-order valence-electron chi connectivity index (χ2n) is 2.69. The zero-order chi connectivity index (χ0) is 7.56. The average Bonchev–Trinajstić information content (AvgIpc) is 2.36. The topological polar surface area (TPSA) is 79.9 Å². The summed E-state index contributed by atoms with van der Waals surface area (Å²) in [6.07, 6.45) is 2.03. The Hall–Kier alpha value is -0.610. The molecule has 0 aliphatic carbocycles. The van der Waals surface area contributed by atoms with Crippen LogP contribution in [-0.2, 0) is 4.79 Å². The summed E-state index contributed by atoms with van der Waals surface area (Å²) in [6.45, 7) is 1.02. The normalized spacial score (nSPS) is 28.3. The van der Waals surface area contributed by atoms with E-state index < -0.39 is 12.0 Å². The first-order valence-electron chi connectivity index (χ1n) is 3.53. The van der Waals surface area contributed by atoms with Crippen molar-refractivity contribution >= 4 is 5.97 Å². The van der Waals surface area contributed by atoms with Gasteiger partial charge in [0.05, 0.1) is 6.54 Å². The van der Waals surface area contributed by atoms with Gasteiger partial charge in [-0.3, -0.25) is 4.79 Å². The first-order valence-corrected chi connectivity index (χ1v) is 3.53. The van der Waals surface area contributed by atoms with Gasteiger partial charge in [-0.1, -0.05) is 0 Å². The lowest BCUT2D eigenvalue weighted by atomic mass is 10.1. The third kappa shape index (κ3) is 1.46. The molecule has 10 heavy (non-hydrogen) atoms. The third-order valence-electron chi connectivity index (χ3n) is 1.96. The van der Waals surface area contributed by atoms with Crippen molar-refractivity contribution in [1.29, 1.82) is 0 Å². The Balaban J connectivity index is 2.39. The summed E-state index contributed by atoms with van der Waals surface area (Å²) >= 11 is 0. The highest BCUT2D eigenvalue weighted by Crippen LogP contribution is 2.00. The maximum absolute atomic E-state index is 10.3. The second-order valence-corrected chi connectivity index (χ2v) is 2.69. The number of rotatable bonds is 2. The van der Waals surface area contributed by atoms with Crippen molar-refractivity contribution in [3.63, 3.8) is 0 Å². The number of carboxylic acids is 1. The quantitative estimate of drug-likeness (QED) is 0.425. The standard InChI is InChI=1S/C6H12N2O2/c7-5(6(9)10)4-2-1-3-8-4/h4-5,8H,1-3,7H2,(H,9,10)/p+1/t4?,5-/m0/s1. The predicted molar refractivity (Wildman–Crippen MR) is 35.4 cm³/mol. The summed E-state index contributed by atoms with van der Waals surface area (Å²) in [5, 5.41) is 10.5. The highest BCUT2D eigenvalue weighted by molar-refractivity contribution is 5.73. The summed E-state index contributed by atoms with van der Waals surface area (Å²) in [6, 6.07) is -0.569. The van der Waals surface area contributed by atoms with E-state index >= 15 is 0 Å². The first kappa shape index (κ1) is 7.50. The second kappa shape index (κ2) is 2.98. The van der Waals surface area contributed by atoms with Gasteiger partial charge in [-0.15, -0.1) is 0 Å². The van der Waals surface area contributed by atoms with Crippen LogP contribution in [0.25, 0.3) is 0 Å². The Labute approximate surface area is 59.4 Å². The predicted octanol–water partition coefficient (Wildman–Crippen LogP) is -1.88. The van der Waals surface area contributed by atoms with Crippen LogP contribution in [0.3, 0.4) is 0 Å². The maximum Gasteiger partial charge on any atom is 0.326 e. The van der Waals surface area contributed by atoms with Crippen molar-refractivity contribution in [2.45, 2.75) is 24.9 Å². The fourth-order valence-corrected chi connectivity index (χ4v) is 1.31. The lowest BCUT2D eigenvalue weighted by molar-refractivity contribution is -0.670. The number of quaternary nitrogens is 1. The molecule has 1 fully saturated rings. The Bertz CT molecular complexity index is 132. The fourth-order valence-electron chi connectivity index (χ4n) is 1.31. The van der Waals surface area contributed by atoms with Gasteiger partial charge in [0.2, 0.25) is 0 Å². The molecule has 0 amide bonds. The molecule has 4 nitrogen and oxygen atoms in total. The molecular weight excluding hydrogens is 132 g/mol. The van der Waals surface area contributed by atoms with Crippen molar-refractivity contribution in [3.8, 4) is 0 Å². The van der Waals surface area contributed by atoms with Gasteiger partial charge in [-0.25, -0.2) is 0 Å². The molecule has 0 spiro atoms. The van der Waals surface area contributed by atoms with Gasteiger partial charge in [0, 0.05) is 12.8 Å². The van der Waals surface area contributed by atoms with Crippen molar-refractivity contribution in [2.75, 3.05) is 6.54 Å². The number of hydrogen-bond acceptors (Lipinski definition) is 2. The van der Waals surface area contributed by atoms with Gasteiger partial charge in [-0.2, -0.15) is 0 Å². The molecule has 4 heteroatoms. The lowest BCUT2D eigenvalue weighted by Gasteiger charge is -2.10. The molecule has 58 valence electrons. The van der Waals surface area contributed by atoms with E-state index in [0.717, 1.165) is 19.4 Å². The van der Waals surface area contributed by atoms with Crippen LogP contribution in [-0.4, -0.2) is 29.7 Å². The number of nitrogens with two attached hydrogens (primary N) is 2. The largest absolute Gasteiger partial charge is 0.480 e. The summed E-state index contributed by atoms with van der Waals surface area (Å²) in [4.78, 5) is 10.3. The molecular formula is C6H13N2O2+. The van der Waals surface area contributed by atoms with Crippen molar-refractivity contribution in [3.05, 3.63) is 0 Å². The minimum atomic E-state index is -0.886. The van der Waals surface area contributed by atoms with Crippen LogP contribution in [0.15, 0.2) is 0 Å². The van der Waals surface area contributed by atoms with Crippen LogP contribution in [0.5, 0.6) is 0 Å². The lowest BCUT2D eigenvalue weighted by Crippen LogP contribution is -2.90. The molecule has 1 aliphatic rings. The molecule has 2 atom stereocenters. The minimum absolute atomic E-state index is 0.109. The molecule has 5 N–H and O–H groups in total. The highest BCUT2D eigenvalue weighted by atomic mass is 16.4. The fraction of sp³-hybridized carbons (Fsp3) is 0.833. The zero-order valence-electron chi connectivity index (χ0n) is 5.79. The number of hydrogen-bond donors (Lipinski definition) is 3. The maximum atomic E-state index is 10.3. The first-order chi connectivity index (χ1) is 4.72. The Kier molecular flexibility index (Phi) is 2.24. The Morgan fingerprint density at radius 1 is 1.80 bits per heavy atom. The smallest absolute Gasteiger partial charge is 0.326 e. The van der Waals surface area contributed by atoms with Gasteiger partial charge in [0.25, 0.3) is 0 Å². The van der Waals surface area contributed by atoms with E-state index in [4.69, 9.17) is 10.8 Å². The van der Waals surface area contributed by atoms with E-state index in [-0.39, 0.29) is 6.04 Å². The van der Waals surface area contributed by atoms with E-state index in [1.165, 1.54) is 0 Å². The Morgan fingerprint density at radius 3 is 2.90 bits per heavy atom. The monoisotopic (exact) mass is 145 g/mol. The molecule has 1 saturated heterocycles. The highest BCUT2D eigenvalue weighted by Gasteiger charge is 2.30. The van der Waals surface area contributed by atoms with Crippen LogP contribution in [0.1, 0.15) is 12.8 Å². The molecule has 1 rings (SSSR count).